The molecule has 0 saturated heterocycles. The van der Waals surface area contributed by atoms with Crippen molar-refractivity contribution in [3.63, 3.8) is 0 Å². The molecule has 29 heavy (non-hydrogen) atoms. The van der Waals surface area contributed by atoms with Gasteiger partial charge in [0.25, 0.3) is 5.91 Å². The second-order valence-corrected chi connectivity index (χ2v) is 7.20. The smallest absolute Gasteiger partial charge is 0.313 e. The predicted octanol–water partition coefficient (Wildman–Crippen LogP) is 4.12. The monoisotopic (exact) mass is 417 g/mol. The number of hydrogen-bond donors (Lipinski definition) is 1. The average Bonchev–Trinajstić information content (AvgIpc) is 3.18. The number of hydrogen-bond acceptors (Lipinski definition) is 4. The van der Waals surface area contributed by atoms with Crippen LogP contribution in [0.2, 0.25) is 5.02 Å². The third kappa shape index (κ3) is 4.77. The van der Waals surface area contributed by atoms with Crippen LogP contribution in [0.15, 0.2) is 54.6 Å². The fourth-order valence-corrected chi connectivity index (χ4v) is 3.67. The van der Waals surface area contributed by atoms with E-state index in [1.807, 2.05) is 24.3 Å². The molecule has 7 heteroatoms. The molecule has 0 aliphatic heterocycles. The van der Waals surface area contributed by atoms with Crippen LogP contribution in [0.5, 0.6) is 5.75 Å². The molecular weight excluding hydrogens is 397 g/mol. The first-order valence-electron chi connectivity index (χ1n) is 9.09. The Morgan fingerprint density at radius 2 is 1.86 bits per heavy atom. The first kappa shape index (κ1) is 20.9. The van der Waals surface area contributed by atoms with E-state index in [-0.39, 0.29) is 28.5 Å². The highest BCUT2D eigenvalue weighted by Gasteiger charge is 2.34. The third-order valence-electron chi connectivity index (χ3n) is 4.96. The molecule has 0 radical (unpaired) electrons. The molecule has 2 aromatic carbocycles. The van der Waals surface area contributed by atoms with Gasteiger partial charge in [0.1, 0.15) is 11.6 Å². The number of allylic oxidation sites excluding steroid dienone is 1. The second-order valence-electron chi connectivity index (χ2n) is 6.76. The van der Waals surface area contributed by atoms with Gasteiger partial charge in [-0.3, -0.25) is 9.59 Å². The van der Waals surface area contributed by atoms with Gasteiger partial charge in [0, 0.05) is 11.1 Å². The molecule has 1 amide bonds. The zero-order chi connectivity index (χ0) is 21.0. The normalized spacial score (nSPS) is 18.9. The molecule has 0 aromatic heterocycles. The first-order chi connectivity index (χ1) is 13.9. The van der Waals surface area contributed by atoms with E-state index < -0.39 is 17.6 Å². The molecule has 0 saturated carbocycles. The van der Waals surface area contributed by atoms with E-state index in [1.54, 1.807) is 19.2 Å². The highest BCUT2D eigenvalue weighted by atomic mass is 35.5. The lowest BCUT2D eigenvalue weighted by Crippen LogP contribution is -2.34. The van der Waals surface area contributed by atoms with Gasteiger partial charge in [-0.2, -0.15) is 0 Å². The number of methoxy groups -OCH3 is 2. The second kappa shape index (κ2) is 9.09. The van der Waals surface area contributed by atoms with Crippen molar-refractivity contribution in [3.05, 3.63) is 76.6 Å². The number of carbonyl (C=O) groups excluding carboxylic acids is 2. The topological polar surface area (TPSA) is 64.6 Å². The van der Waals surface area contributed by atoms with Gasteiger partial charge in [-0.25, -0.2) is 4.39 Å². The molecule has 0 spiro atoms. The third-order valence-corrected chi connectivity index (χ3v) is 5.20. The minimum Gasteiger partial charge on any atom is -0.497 e. The van der Waals surface area contributed by atoms with Gasteiger partial charge in [0.15, 0.2) is 0 Å². The van der Waals surface area contributed by atoms with E-state index in [2.05, 4.69) is 5.32 Å². The van der Waals surface area contributed by atoms with Crippen molar-refractivity contribution in [2.75, 3.05) is 14.2 Å². The van der Waals surface area contributed by atoms with Crippen molar-refractivity contribution in [3.8, 4) is 5.75 Å². The van der Waals surface area contributed by atoms with E-state index in [1.165, 1.54) is 19.2 Å². The number of amides is 1. The van der Waals surface area contributed by atoms with Crippen molar-refractivity contribution in [1.29, 1.82) is 0 Å². The summed E-state index contributed by atoms with van der Waals surface area (Å²) in [7, 11) is 2.92. The number of benzene rings is 2. The summed E-state index contributed by atoms with van der Waals surface area (Å²) in [6, 6.07) is 10.7. The van der Waals surface area contributed by atoms with Crippen molar-refractivity contribution in [2.45, 2.75) is 18.4 Å². The lowest BCUT2D eigenvalue weighted by molar-refractivity contribution is -0.143. The molecule has 1 N–H and O–H groups in total. The number of rotatable bonds is 6. The van der Waals surface area contributed by atoms with Crippen LogP contribution < -0.4 is 10.1 Å². The molecule has 0 bridgehead atoms. The van der Waals surface area contributed by atoms with Crippen LogP contribution >= 0.6 is 11.6 Å². The van der Waals surface area contributed by atoms with Crippen molar-refractivity contribution in [1.82, 2.24) is 5.32 Å². The summed E-state index contributed by atoms with van der Waals surface area (Å²) in [5.74, 6) is -1.57. The molecule has 0 fully saturated rings. The summed E-state index contributed by atoms with van der Waals surface area (Å²) >= 11 is 5.86. The molecule has 1 aliphatic carbocycles. The minimum atomic E-state index is -0.643. The Hall–Kier alpha value is -2.86. The van der Waals surface area contributed by atoms with E-state index in [9.17, 15) is 14.0 Å². The molecule has 5 nitrogen and oxygen atoms in total. The Labute approximate surface area is 173 Å². The number of nitrogens with one attached hydrogen (secondary N) is 1. The Morgan fingerprint density at radius 3 is 2.52 bits per heavy atom. The van der Waals surface area contributed by atoms with Crippen LogP contribution in [-0.4, -0.2) is 32.1 Å². The number of ether oxygens (including phenoxy) is 2. The number of halogens is 2. The molecule has 0 heterocycles. The maximum Gasteiger partial charge on any atom is 0.313 e. The lowest BCUT2D eigenvalue weighted by atomic mass is 9.85. The van der Waals surface area contributed by atoms with Crippen molar-refractivity contribution in [2.24, 2.45) is 5.92 Å². The largest absolute Gasteiger partial charge is 0.497 e. The Kier molecular flexibility index (Phi) is 6.54. The van der Waals surface area contributed by atoms with Crippen LogP contribution in [0.25, 0.3) is 0 Å². The highest BCUT2D eigenvalue weighted by molar-refractivity contribution is 6.31. The fraction of sp³-hybridized carbons (Fsp3) is 0.273. The summed E-state index contributed by atoms with van der Waals surface area (Å²) in [5, 5.41) is 3.06. The van der Waals surface area contributed by atoms with Gasteiger partial charge < -0.3 is 14.8 Å². The number of esters is 1. The highest BCUT2D eigenvalue weighted by Crippen LogP contribution is 2.35. The maximum atomic E-state index is 13.9. The zero-order valence-corrected chi connectivity index (χ0v) is 16.8. The summed E-state index contributed by atoms with van der Waals surface area (Å²) in [6.07, 6.45) is 4.18. The molecule has 2 aromatic rings. The molecule has 1 aliphatic rings. The molecule has 3 unspecified atom stereocenters. The molecule has 152 valence electrons. The van der Waals surface area contributed by atoms with Crippen LogP contribution in [0, 0.1) is 11.7 Å². The Morgan fingerprint density at radius 1 is 1.14 bits per heavy atom. The molecule has 3 atom stereocenters. The molecular formula is C22H21ClFNO4. The van der Waals surface area contributed by atoms with E-state index in [4.69, 9.17) is 21.1 Å². The SMILES string of the molecule is COC(=O)C(c1ccc(OC)cc1)C1C=CC(NC(=O)c2cc(Cl)ccc2F)C1. The van der Waals surface area contributed by atoms with Crippen molar-refractivity contribution < 1.29 is 23.5 Å². The van der Waals surface area contributed by atoms with Gasteiger partial charge in [0.2, 0.25) is 0 Å². The van der Waals surface area contributed by atoms with Gasteiger partial charge in [-0.15, -0.1) is 0 Å². The van der Waals surface area contributed by atoms with Gasteiger partial charge in [0.05, 0.1) is 25.7 Å². The summed E-state index contributed by atoms with van der Waals surface area (Å²) in [6.45, 7) is 0. The maximum absolute atomic E-state index is 13.9. The summed E-state index contributed by atoms with van der Waals surface area (Å²) in [5.41, 5.74) is 0.675. The van der Waals surface area contributed by atoms with Crippen LogP contribution in [-0.2, 0) is 9.53 Å². The zero-order valence-electron chi connectivity index (χ0n) is 16.0. The minimum absolute atomic E-state index is 0.117. The fourth-order valence-electron chi connectivity index (χ4n) is 3.50. The van der Waals surface area contributed by atoms with Gasteiger partial charge >= 0.3 is 5.97 Å². The van der Waals surface area contributed by atoms with Crippen LogP contribution in [0.1, 0.15) is 28.3 Å². The average molecular weight is 418 g/mol. The van der Waals surface area contributed by atoms with Crippen molar-refractivity contribution >= 4 is 23.5 Å². The standard InChI is InChI=1S/C22H21ClFNO4/c1-28-17-8-4-13(5-9-17)20(22(27)29-2)14-3-7-16(11-14)25-21(26)18-12-15(23)6-10-19(18)24/h3-10,12,14,16,20H,11H2,1-2H3,(H,25,26). The number of carbonyl (C=O) groups is 2. The quantitative estimate of drug-likeness (QED) is 0.567. The van der Waals surface area contributed by atoms with E-state index >= 15 is 0 Å². The predicted molar refractivity (Wildman–Crippen MR) is 108 cm³/mol. The lowest BCUT2D eigenvalue weighted by Gasteiger charge is -2.22. The van der Waals surface area contributed by atoms with Gasteiger partial charge in [-0.05, 0) is 48.2 Å². The van der Waals surface area contributed by atoms with E-state index in [0.29, 0.717) is 12.2 Å². The summed E-state index contributed by atoms with van der Waals surface area (Å²) < 4.78 is 24.1. The van der Waals surface area contributed by atoms with E-state index in [0.717, 1.165) is 11.6 Å². The Bertz CT molecular complexity index is 929. The molecule has 3 rings (SSSR count). The van der Waals surface area contributed by atoms with Gasteiger partial charge in [-0.1, -0.05) is 35.9 Å². The van der Waals surface area contributed by atoms with Crippen LogP contribution in [0.4, 0.5) is 4.39 Å². The Balaban J connectivity index is 1.73. The first-order valence-corrected chi connectivity index (χ1v) is 9.46. The summed E-state index contributed by atoms with van der Waals surface area (Å²) in [4.78, 5) is 24.9. The van der Waals surface area contributed by atoms with Crippen LogP contribution in [0.3, 0.4) is 0 Å².